The quantitative estimate of drug-likeness (QED) is 0.262. The molecule has 1 saturated heterocycles. The van der Waals surface area contributed by atoms with Gasteiger partial charge in [0.15, 0.2) is 5.72 Å². The van der Waals surface area contributed by atoms with E-state index in [1.165, 1.54) is 24.3 Å². The van der Waals surface area contributed by atoms with Gasteiger partial charge in [-0.05, 0) is 69.7 Å². The van der Waals surface area contributed by atoms with Gasteiger partial charge in [-0.1, -0.05) is 35.3 Å². The van der Waals surface area contributed by atoms with Crippen molar-refractivity contribution < 1.29 is 19.0 Å². The van der Waals surface area contributed by atoms with E-state index < -0.39 is 23.1 Å². The minimum Gasteiger partial charge on any atom is -0.381 e. The highest BCUT2D eigenvalue weighted by molar-refractivity contribution is 6.30. The van der Waals surface area contributed by atoms with E-state index in [1.807, 2.05) is 4.68 Å². The minimum absolute atomic E-state index is 0.00601. The molecule has 230 valence electrons. The van der Waals surface area contributed by atoms with Gasteiger partial charge in [-0.2, -0.15) is 5.10 Å². The molecule has 11 heteroatoms. The third-order valence-electron chi connectivity index (χ3n) is 8.84. The number of hydrogen-bond acceptors (Lipinski definition) is 6. The van der Waals surface area contributed by atoms with Crippen molar-refractivity contribution in [3.05, 3.63) is 116 Å². The molecule has 2 aliphatic rings. The van der Waals surface area contributed by atoms with Crippen LogP contribution >= 0.6 is 23.2 Å². The Balaban J connectivity index is 1.41. The Hall–Kier alpha value is -3.34. The molecule has 0 bridgehead atoms. The van der Waals surface area contributed by atoms with Crippen molar-refractivity contribution in [3.63, 3.8) is 0 Å². The molecule has 0 saturated carbocycles. The molecular formula is C33H34Cl2FN5O3. The van der Waals surface area contributed by atoms with E-state index in [1.54, 1.807) is 61.8 Å². The molecule has 1 unspecified atom stereocenters. The normalized spacial score (nSPS) is 20.5. The molecule has 2 aliphatic heterocycles. The lowest BCUT2D eigenvalue weighted by molar-refractivity contribution is -0.0886. The molecule has 6 rings (SSSR count). The van der Waals surface area contributed by atoms with Crippen molar-refractivity contribution in [2.24, 2.45) is 0 Å². The number of benzene rings is 2. The lowest BCUT2D eigenvalue weighted by atomic mass is 9.85. The summed E-state index contributed by atoms with van der Waals surface area (Å²) in [6.45, 7) is 9.79. The second-order valence-corrected chi connectivity index (χ2v) is 13.5. The minimum atomic E-state index is -1.64. The highest BCUT2D eigenvalue weighted by Crippen LogP contribution is 2.48. The number of aromatic nitrogens is 3. The second kappa shape index (κ2) is 10.9. The smallest absolute Gasteiger partial charge is 0.257 e. The largest absolute Gasteiger partial charge is 0.381 e. The van der Waals surface area contributed by atoms with Crippen molar-refractivity contribution in [3.8, 4) is 0 Å². The average Bonchev–Trinajstić information content (AvgIpc) is 3.52. The van der Waals surface area contributed by atoms with Gasteiger partial charge < -0.3 is 9.84 Å². The maximum Gasteiger partial charge on any atom is 0.257 e. The van der Waals surface area contributed by atoms with Crippen molar-refractivity contribution in [1.29, 1.82) is 0 Å². The number of fused-ring (bicyclic) bond motifs is 1. The van der Waals surface area contributed by atoms with E-state index in [-0.39, 0.29) is 34.8 Å². The number of carbonyl (C=O) groups is 1. The summed E-state index contributed by atoms with van der Waals surface area (Å²) in [4.78, 5) is 22.4. The predicted octanol–water partition coefficient (Wildman–Crippen LogP) is 6.14. The van der Waals surface area contributed by atoms with Crippen molar-refractivity contribution in [2.45, 2.75) is 57.1 Å². The van der Waals surface area contributed by atoms with Gasteiger partial charge in [0, 0.05) is 54.3 Å². The monoisotopic (exact) mass is 637 g/mol. The van der Waals surface area contributed by atoms with Crippen LogP contribution in [-0.2, 0) is 22.6 Å². The van der Waals surface area contributed by atoms with Gasteiger partial charge in [-0.15, -0.1) is 0 Å². The van der Waals surface area contributed by atoms with Gasteiger partial charge in [0.05, 0.1) is 40.6 Å². The lowest BCUT2D eigenvalue weighted by Crippen LogP contribution is -2.56. The van der Waals surface area contributed by atoms with Crippen molar-refractivity contribution in [2.75, 3.05) is 20.2 Å². The first-order valence-corrected chi connectivity index (χ1v) is 15.1. The van der Waals surface area contributed by atoms with E-state index in [0.29, 0.717) is 26.9 Å². The number of pyridine rings is 1. The van der Waals surface area contributed by atoms with Gasteiger partial charge in [0.2, 0.25) is 0 Å². The fourth-order valence-electron chi connectivity index (χ4n) is 6.10. The van der Waals surface area contributed by atoms with Crippen LogP contribution in [0.15, 0.2) is 67.1 Å². The summed E-state index contributed by atoms with van der Waals surface area (Å²) >= 11 is 12.2. The van der Waals surface area contributed by atoms with Crippen LogP contribution in [0, 0.1) is 5.82 Å². The summed E-state index contributed by atoms with van der Waals surface area (Å²) in [5.74, 6) is -1.17. The zero-order valence-corrected chi connectivity index (χ0v) is 26.7. The zero-order chi connectivity index (χ0) is 31.6. The van der Waals surface area contributed by atoms with Gasteiger partial charge >= 0.3 is 0 Å². The number of carbonyl (C=O) groups excluding carboxylic acids is 1. The third kappa shape index (κ3) is 5.01. The van der Waals surface area contributed by atoms with Gasteiger partial charge in [-0.3, -0.25) is 24.3 Å². The molecule has 2 aromatic heterocycles. The summed E-state index contributed by atoms with van der Waals surface area (Å²) < 4.78 is 24.4. The molecular weight excluding hydrogens is 604 g/mol. The summed E-state index contributed by atoms with van der Waals surface area (Å²) in [5.41, 5.74) is -1.31. The number of aliphatic hydroxyl groups is 1. The highest BCUT2D eigenvalue weighted by Gasteiger charge is 2.54. The van der Waals surface area contributed by atoms with Crippen LogP contribution < -0.4 is 0 Å². The molecule has 4 aromatic rings. The van der Waals surface area contributed by atoms with E-state index in [0.717, 1.165) is 13.1 Å². The molecule has 2 atom stereocenters. The van der Waals surface area contributed by atoms with E-state index in [2.05, 4.69) is 35.8 Å². The van der Waals surface area contributed by atoms with Crippen LogP contribution in [0.1, 0.15) is 72.0 Å². The number of amides is 1. The fourth-order valence-corrected chi connectivity index (χ4v) is 6.34. The number of methoxy groups -OCH3 is 1. The Kier molecular flexibility index (Phi) is 7.62. The maximum absolute atomic E-state index is 16.5. The van der Waals surface area contributed by atoms with Crippen molar-refractivity contribution in [1.82, 2.24) is 24.6 Å². The zero-order valence-electron chi connectivity index (χ0n) is 25.2. The first-order chi connectivity index (χ1) is 20.8. The van der Waals surface area contributed by atoms with Crippen LogP contribution in [-0.4, -0.2) is 61.3 Å². The van der Waals surface area contributed by atoms with Crippen LogP contribution in [0.2, 0.25) is 10.0 Å². The Morgan fingerprint density at radius 2 is 1.70 bits per heavy atom. The van der Waals surface area contributed by atoms with Crippen LogP contribution in [0.3, 0.4) is 0 Å². The SMILES string of the molecule is CO[C@]1(c2ccc(Cl)cc2)c2c(F)cc(C(C)(O)c3cnn(C4CN(C(C)(C)C)C4)c3)cc2C(=O)N1Cc1ccc(Cl)cn1. The number of rotatable bonds is 7. The average molecular weight is 639 g/mol. The molecule has 0 spiro atoms. The molecule has 1 fully saturated rings. The molecule has 8 nitrogen and oxygen atoms in total. The highest BCUT2D eigenvalue weighted by atomic mass is 35.5. The molecule has 0 radical (unpaired) electrons. The first-order valence-electron chi connectivity index (χ1n) is 14.4. The fraction of sp³-hybridized carbons (Fsp3) is 0.364. The van der Waals surface area contributed by atoms with Gasteiger partial charge in [-0.25, -0.2) is 4.39 Å². The molecule has 2 aromatic carbocycles. The number of nitrogens with zero attached hydrogens (tertiary/aromatic N) is 5. The lowest BCUT2D eigenvalue weighted by Gasteiger charge is -2.47. The summed E-state index contributed by atoms with van der Waals surface area (Å²) in [6.07, 6.45) is 4.88. The van der Waals surface area contributed by atoms with E-state index in [9.17, 15) is 9.90 Å². The standard InChI is InChI=1S/C33H34Cl2FN5O3/c1-31(2,3)39-18-26(19-39)41-16-22(14-38-41)32(4,43)21-12-27-29(28(36)13-21)33(44-5,20-6-8-23(34)9-7-20)40(30(27)42)17-25-11-10-24(35)15-37-25/h6-16,26,43H,17-19H2,1-5H3/t32?,33-/m1/s1. The first kappa shape index (κ1) is 30.7. The topological polar surface area (TPSA) is 83.7 Å². The predicted molar refractivity (Wildman–Crippen MR) is 166 cm³/mol. The Morgan fingerprint density at radius 1 is 1.02 bits per heavy atom. The third-order valence-corrected chi connectivity index (χ3v) is 9.31. The summed E-state index contributed by atoms with van der Waals surface area (Å²) in [6, 6.07) is 13.1. The Morgan fingerprint density at radius 3 is 2.32 bits per heavy atom. The second-order valence-electron chi connectivity index (χ2n) is 12.6. The molecule has 1 amide bonds. The Bertz CT molecular complexity index is 1710. The van der Waals surface area contributed by atoms with Crippen LogP contribution in [0.25, 0.3) is 0 Å². The number of likely N-dealkylation sites (tertiary alicyclic amines) is 1. The van der Waals surface area contributed by atoms with Crippen LogP contribution in [0.4, 0.5) is 4.39 Å². The van der Waals surface area contributed by atoms with E-state index >= 15 is 4.39 Å². The number of ether oxygens (including phenoxy) is 1. The molecule has 1 N–H and O–H groups in total. The number of halogens is 3. The summed E-state index contributed by atoms with van der Waals surface area (Å²) in [5, 5.41) is 17.3. The summed E-state index contributed by atoms with van der Waals surface area (Å²) in [7, 11) is 1.43. The molecule has 44 heavy (non-hydrogen) atoms. The molecule has 0 aliphatic carbocycles. The van der Waals surface area contributed by atoms with Crippen LogP contribution in [0.5, 0.6) is 0 Å². The maximum atomic E-state index is 16.5. The number of hydrogen-bond donors (Lipinski definition) is 1. The van der Waals surface area contributed by atoms with Gasteiger partial charge in [0.1, 0.15) is 11.4 Å². The van der Waals surface area contributed by atoms with Crippen molar-refractivity contribution >= 4 is 29.1 Å². The molecule has 4 heterocycles. The van der Waals surface area contributed by atoms with Gasteiger partial charge in [0.25, 0.3) is 5.91 Å². The van der Waals surface area contributed by atoms with E-state index in [4.69, 9.17) is 27.9 Å². The Labute approximate surface area is 266 Å².